The first-order valence-electron chi connectivity index (χ1n) is 11.5. The van der Waals surface area contributed by atoms with Crippen LogP contribution < -0.4 is 14.9 Å². The van der Waals surface area contributed by atoms with Crippen molar-refractivity contribution in [2.24, 2.45) is 5.73 Å². The molecule has 4 rings (SSSR count). The molecule has 0 radical (unpaired) electrons. The molecule has 1 saturated heterocycles. The zero-order chi connectivity index (χ0) is 25.9. The van der Waals surface area contributed by atoms with Crippen molar-refractivity contribution >= 4 is 56.7 Å². The summed E-state index contributed by atoms with van der Waals surface area (Å²) in [4.78, 5) is 19.1. The Morgan fingerprint density at radius 3 is 2.58 bits per heavy atom. The number of piperidine rings is 1. The number of thiazole rings is 1. The molecule has 1 amide bonds. The molecule has 1 aromatic heterocycles. The van der Waals surface area contributed by atoms with E-state index in [0.29, 0.717) is 60.6 Å². The van der Waals surface area contributed by atoms with Crippen LogP contribution in [0, 0.1) is 5.41 Å². The van der Waals surface area contributed by atoms with E-state index in [1.54, 1.807) is 54.6 Å². The third-order valence-electron chi connectivity index (χ3n) is 6.34. The number of nitrogens with one attached hydrogen (secondary N) is 2. The highest BCUT2D eigenvalue weighted by atomic mass is 32.2. The molecule has 0 atom stereocenters. The van der Waals surface area contributed by atoms with E-state index in [0.717, 1.165) is 32.5 Å². The van der Waals surface area contributed by atoms with E-state index in [-0.39, 0.29) is 5.91 Å². The fraction of sp³-hybridized carbons (Fsp3) is 0.320. The molecule has 1 aliphatic heterocycles. The molecule has 1 aliphatic rings. The Morgan fingerprint density at radius 2 is 1.94 bits per heavy atom. The largest absolute Gasteiger partial charge is 0.402 e. The second-order valence-corrected chi connectivity index (χ2v) is 10.6. The standard InChI is InChI=1S/C25H30N6O3S2/c1-16(26)20(17(2)27)14-25(33)10-12-30(13-11-25)24(32)18-6-8-19(9-7-18)29-36-31(34)21-4-3-5-22-23(21)28-15-35-22/h3-9,15,26,29,33-34H,10-14,27H2,1-2H3/b20-17-,26-16?. The topological polar surface area (TPSA) is 139 Å². The number of benzene rings is 2. The van der Waals surface area contributed by atoms with Gasteiger partial charge in [-0.1, -0.05) is 6.07 Å². The van der Waals surface area contributed by atoms with Crippen LogP contribution in [-0.2, 0) is 0 Å². The number of anilines is 2. The van der Waals surface area contributed by atoms with Crippen LogP contribution in [0.5, 0.6) is 0 Å². The Hall–Kier alpha value is -3.12. The van der Waals surface area contributed by atoms with Crippen molar-refractivity contribution in [3.8, 4) is 0 Å². The Balaban J connectivity index is 1.32. The predicted molar refractivity (Wildman–Crippen MR) is 147 cm³/mol. The summed E-state index contributed by atoms with van der Waals surface area (Å²) in [5.41, 5.74) is 10.8. The number of aliphatic hydroxyl groups is 1. The third kappa shape index (κ3) is 5.81. The molecule has 0 aliphatic carbocycles. The predicted octanol–water partition coefficient (Wildman–Crippen LogP) is 4.80. The van der Waals surface area contributed by atoms with Gasteiger partial charge in [-0.15, -0.1) is 11.3 Å². The molecule has 9 nitrogen and oxygen atoms in total. The van der Waals surface area contributed by atoms with Crippen molar-refractivity contribution in [3.05, 3.63) is 64.8 Å². The van der Waals surface area contributed by atoms with E-state index < -0.39 is 5.60 Å². The summed E-state index contributed by atoms with van der Waals surface area (Å²) in [6, 6.07) is 12.7. The number of hydrogen-bond acceptors (Lipinski definition) is 10. The average molecular weight is 527 g/mol. The molecular weight excluding hydrogens is 496 g/mol. The Bertz CT molecular complexity index is 1280. The van der Waals surface area contributed by atoms with E-state index in [1.165, 1.54) is 11.3 Å². The first kappa shape index (κ1) is 26.0. The Labute approximate surface area is 218 Å². The molecule has 190 valence electrons. The molecule has 6 N–H and O–H groups in total. The minimum Gasteiger partial charge on any atom is -0.402 e. The minimum absolute atomic E-state index is 0.0933. The van der Waals surface area contributed by atoms with Crippen LogP contribution in [0.3, 0.4) is 0 Å². The maximum atomic E-state index is 13.0. The quantitative estimate of drug-likeness (QED) is 0.160. The van der Waals surface area contributed by atoms with Gasteiger partial charge in [0.25, 0.3) is 5.91 Å². The van der Waals surface area contributed by atoms with E-state index in [1.807, 2.05) is 12.1 Å². The van der Waals surface area contributed by atoms with Gasteiger partial charge in [-0.3, -0.25) is 10.0 Å². The van der Waals surface area contributed by atoms with Crippen LogP contribution in [0.15, 0.2) is 59.2 Å². The SMILES string of the molecule is CC(=N)/C(CC1(O)CCN(C(=O)c2ccc(NSN(O)c3cccc4scnc34)cc2)CC1)=C(/C)N. The summed E-state index contributed by atoms with van der Waals surface area (Å²) in [6.45, 7) is 4.28. The summed E-state index contributed by atoms with van der Waals surface area (Å²) in [5, 5.41) is 29.4. The van der Waals surface area contributed by atoms with Gasteiger partial charge in [-0.2, -0.15) is 4.47 Å². The van der Waals surface area contributed by atoms with Gasteiger partial charge in [-0.05, 0) is 68.7 Å². The second kappa shape index (κ2) is 10.9. The van der Waals surface area contributed by atoms with E-state index in [2.05, 4.69) is 9.71 Å². The monoisotopic (exact) mass is 526 g/mol. The van der Waals surface area contributed by atoms with Crippen LogP contribution in [0.25, 0.3) is 10.2 Å². The number of nitrogens with zero attached hydrogens (tertiary/aromatic N) is 3. The van der Waals surface area contributed by atoms with Crippen molar-refractivity contribution < 1.29 is 15.1 Å². The number of amides is 1. The first-order chi connectivity index (χ1) is 17.2. The Morgan fingerprint density at radius 1 is 1.25 bits per heavy atom. The van der Waals surface area contributed by atoms with Crippen LogP contribution in [0.1, 0.15) is 43.5 Å². The van der Waals surface area contributed by atoms with Gasteiger partial charge in [0, 0.05) is 42.2 Å². The van der Waals surface area contributed by atoms with Gasteiger partial charge in [0.15, 0.2) is 0 Å². The van der Waals surface area contributed by atoms with E-state index in [4.69, 9.17) is 11.1 Å². The van der Waals surface area contributed by atoms with Gasteiger partial charge in [0.2, 0.25) is 0 Å². The molecule has 11 heteroatoms. The third-order valence-corrected chi connectivity index (χ3v) is 7.83. The number of rotatable bonds is 8. The number of likely N-dealkylation sites (tertiary alicyclic amines) is 1. The van der Waals surface area contributed by atoms with Crippen molar-refractivity contribution in [1.82, 2.24) is 9.88 Å². The zero-order valence-electron chi connectivity index (χ0n) is 20.2. The fourth-order valence-corrected chi connectivity index (χ4v) is 5.51. The molecule has 36 heavy (non-hydrogen) atoms. The van der Waals surface area contributed by atoms with Gasteiger partial charge >= 0.3 is 0 Å². The number of nitrogens with two attached hydrogens (primary N) is 1. The number of hydrogen-bond donors (Lipinski definition) is 5. The second-order valence-electron chi connectivity index (χ2n) is 9.00. The average Bonchev–Trinajstić information content (AvgIpc) is 3.35. The lowest BCUT2D eigenvalue weighted by Crippen LogP contribution is -2.47. The molecule has 0 saturated carbocycles. The van der Waals surface area contributed by atoms with Crippen LogP contribution in [-0.4, -0.2) is 50.5 Å². The fourth-order valence-electron chi connectivity index (χ4n) is 4.23. The molecule has 0 bridgehead atoms. The molecule has 1 fully saturated rings. The number of fused-ring (bicyclic) bond motifs is 1. The molecule has 0 unspecified atom stereocenters. The molecule has 3 aromatic rings. The van der Waals surface area contributed by atoms with Crippen molar-refractivity contribution in [2.75, 3.05) is 22.3 Å². The molecule has 0 spiro atoms. The highest BCUT2D eigenvalue weighted by molar-refractivity contribution is 8.01. The smallest absolute Gasteiger partial charge is 0.253 e. The van der Waals surface area contributed by atoms with Gasteiger partial charge in [-0.25, -0.2) is 4.98 Å². The molecular formula is C25H30N6O3S2. The molecule has 2 aromatic carbocycles. The Kier molecular flexibility index (Phi) is 7.84. The lowest BCUT2D eigenvalue weighted by molar-refractivity contribution is -0.0154. The minimum atomic E-state index is -0.973. The van der Waals surface area contributed by atoms with Crippen LogP contribution in [0.2, 0.25) is 0 Å². The van der Waals surface area contributed by atoms with Crippen molar-refractivity contribution in [2.45, 2.75) is 38.7 Å². The van der Waals surface area contributed by atoms with Crippen LogP contribution in [0.4, 0.5) is 11.4 Å². The summed E-state index contributed by atoms with van der Waals surface area (Å²) in [6.07, 6.45) is 1.18. The van der Waals surface area contributed by atoms with Crippen LogP contribution >= 0.6 is 23.5 Å². The van der Waals surface area contributed by atoms with Gasteiger partial charge < -0.3 is 25.9 Å². The maximum absolute atomic E-state index is 13.0. The summed E-state index contributed by atoms with van der Waals surface area (Å²) in [7, 11) is 0. The number of para-hydroxylation sites is 1. The van der Waals surface area contributed by atoms with Crippen molar-refractivity contribution in [3.63, 3.8) is 0 Å². The highest BCUT2D eigenvalue weighted by Crippen LogP contribution is 2.32. The number of allylic oxidation sites excluding steroid dienone is 1. The number of carbonyl (C=O) groups is 1. The lowest BCUT2D eigenvalue weighted by atomic mass is 9.83. The van der Waals surface area contributed by atoms with Crippen molar-refractivity contribution in [1.29, 1.82) is 5.41 Å². The summed E-state index contributed by atoms with van der Waals surface area (Å²) < 4.78 is 5.09. The van der Waals surface area contributed by atoms with Gasteiger partial charge in [0.1, 0.15) is 11.2 Å². The normalized spacial score (nSPS) is 15.9. The zero-order valence-corrected chi connectivity index (χ0v) is 21.8. The number of aromatic nitrogens is 1. The van der Waals surface area contributed by atoms with E-state index in [9.17, 15) is 15.1 Å². The van der Waals surface area contributed by atoms with Gasteiger partial charge in [0.05, 0.1) is 27.9 Å². The lowest BCUT2D eigenvalue weighted by Gasteiger charge is -2.39. The first-order valence-corrected chi connectivity index (χ1v) is 13.2. The summed E-state index contributed by atoms with van der Waals surface area (Å²) >= 11 is 2.51. The number of carbonyl (C=O) groups excluding carboxylic acids is 1. The van der Waals surface area contributed by atoms with E-state index >= 15 is 0 Å². The summed E-state index contributed by atoms with van der Waals surface area (Å²) in [5.74, 6) is -0.0933. The molecule has 2 heterocycles. The maximum Gasteiger partial charge on any atom is 0.253 e. The highest BCUT2D eigenvalue weighted by Gasteiger charge is 2.35.